The van der Waals surface area contributed by atoms with Crippen LogP contribution in [-0.2, 0) is 6.42 Å². The minimum Gasteiger partial charge on any atom is -0.259 e. The number of rotatable bonds is 3. The van der Waals surface area contributed by atoms with Gasteiger partial charge in [0.1, 0.15) is 0 Å². The number of para-hydroxylation sites is 1. The molecule has 2 aromatic carbocycles. The second-order valence-electron chi connectivity index (χ2n) is 6.03. The van der Waals surface area contributed by atoms with Crippen LogP contribution in [0.2, 0.25) is 0 Å². The number of benzene rings is 2. The van der Waals surface area contributed by atoms with Crippen molar-refractivity contribution in [2.24, 2.45) is 0 Å². The molecule has 1 fully saturated rings. The van der Waals surface area contributed by atoms with Crippen molar-refractivity contribution >= 4 is 26.8 Å². The Kier molecular flexibility index (Phi) is 3.57. The Balaban J connectivity index is 2.09. The third-order valence-electron chi connectivity index (χ3n) is 4.47. The number of aromatic nitrogens is 2. The van der Waals surface area contributed by atoms with E-state index in [9.17, 15) is 4.79 Å². The predicted octanol–water partition coefficient (Wildman–Crippen LogP) is 4.59. The molecular formula is C19H17BrN2O. The minimum atomic E-state index is -0.214. The fourth-order valence-electron chi connectivity index (χ4n) is 3.11. The lowest BCUT2D eigenvalue weighted by Crippen LogP contribution is -2.23. The average Bonchev–Trinajstić information content (AvgIpc) is 3.40. The number of aryl methyl sites for hydroxylation is 1. The Hall–Kier alpha value is -1.94. The van der Waals surface area contributed by atoms with Crippen LogP contribution in [0.3, 0.4) is 0 Å². The zero-order valence-corrected chi connectivity index (χ0v) is 14.5. The largest absolute Gasteiger partial charge is 0.352 e. The molecule has 116 valence electrons. The molecule has 0 aliphatic heterocycles. The van der Waals surface area contributed by atoms with Crippen LogP contribution >= 0.6 is 15.9 Å². The lowest BCUT2D eigenvalue weighted by atomic mass is 10.1. The zero-order valence-electron chi connectivity index (χ0n) is 12.9. The summed E-state index contributed by atoms with van der Waals surface area (Å²) in [6, 6.07) is 14.3. The van der Waals surface area contributed by atoms with Gasteiger partial charge in [0.05, 0.1) is 16.9 Å². The molecule has 4 heteroatoms. The standard InChI is InChI=1S/C19H17BrN2O/c1-2-16-14-10-9-13(12-7-8-12)11-18(14)22(19(23)21-16)17-6-4-3-5-15(17)20/h3-6,9-12H,2,7-8H2,1H3. The van der Waals surface area contributed by atoms with E-state index in [4.69, 9.17) is 0 Å². The van der Waals surface area contributed by atoms with Gasteiger partial charge in [-0.1, -0.05) is 31.2 Å². The first-order valence-corrected chi connectivity index (χ1v) is 8.79. The van der Waals surface area contributed by atoms with E-state index in [-0.39, 0.29) is 5.69 Å². The highest BCUT2D eigenvalue weighted by atomic mass is 79.9. The molecule has 0 bridgehead atoms. The quantitative estimate of drug-likeness (QED) is 0.677. The van der Waals surface area contributed by atoms with E-state index in [1.807, 2.05) is 31.2 Å². The molecule has 0 unspecified atom stereocenters. The number of fused-ring (bicyclic) bond motifs is 1. The Morgan fingerprint density at radius 2 is 2.00 bits per heavy atom. The molecule has 0 radical (unpaired) electrons. The maximum atomic E-state index is 12.7. The van der Waals surface area contributed by atoms with E-state index in [1.54, 1.807) is 4.57 Å². The van der Waals surface area contributed by atoms with Crippen molar-refractivity contribution in [2.75, 3.05) is 0 Å². The van der Waals surface area contributed by atoms with Crippen LogP contribution in [0.4, 0.5) is 0 Å². The van der Waals surface area contributed by atoms with Gasteiger partial charge in [0, 0.05) is 9.86 Å². The molecule has 0 atom stereocenters. The van der Waals surface area contributed by atoms with Crippen LogP contribution < -0.4 is 5.69 Å². The summed E-state index contributed by atoms with van der Waals surface area (Å²) in [5, 5.41) is 1.06. The Bertz CT molecular complexity index is 957. The smallest absolute Gasteiger partial charge is 0.259 e. The van der Waals surface area contributed by atoms with Crippen LogP contribution in [0.5, 0.6) is 0 Å². The van der Waals surface area contributed by atoms with Crippen molar-refractivity contribution in [2.45, 2.75) is 32.1 Å². The van der Waals surface area contributed by atoms with Crippen LogP contribution in [0, 0.1) is 0 Å². The molecule has 1 aliphatic rings. The van der Waals surface area contributed by atoms with E-state index < -0.39 is 0 Å². The molecule has 1 saturated carbocycles. The maximum absolute atomic E-state index is 12.7. The lowest BCUT2D eigenvalue weighted by Gasteiger charge is -2.14. The summed E-state index contributed by atoms with van der Waals surface area (Å²) in [5.74, 6) is 0.653. The van der Waals surface area contributed by atoms with Crippen LogP contribution in [0.15, 0.2) is 51.7 Å². The first-order chi connectivity index (χ1) is 11.2. The Morgan fingerprint density at radius 1 is 1.22 bits per heavy atom. The molecule has 1 aromatic heterocycles. The monoisotopic (exact) mass is 368 g/mol. The number of nitrogens with zero attached hydrogens (tertiary/aromatic N) is 2. The molecule has 0 amide bonds. The fraction of sp³-hybridized carbons (Fsp3) is 0.263. The number of hydrogen-bond donors (Lipinski definition) is 0. The summed E-state index contributed by atoms with van der Waals surface area (Å²) in [6.07, 6.45) is 3.25. The summed E-state index contributed by atoms with van der Waals surface area (Å²) < 4.78 is 2.62. The summed E-state index contributed by atoms with van der Waals surface area (Å²) in [7, 11) is 0. The highest BCUT2D eigenvalue weighted by Gasteiger charge is 2.24. The molecule has 0 saturated heterocycles. The van der Waals surface area contributed by atoms with Gasteiger partial charge in [-0.05, 0) is 64.9 Å². The van der Waals surface area contributed by atoms with Gasteiger partial charge in [0.25, 0.3) is 0 Å². The third kappa shape index (κ3) is 2.51. The van der Waals surface area contributed by atoms with Gasteiger partial charge in [-0.3, -0.25) is 4.57 Å². The molecular weight excluding hydrogens is 352 g/mol. The molecule has 4 rings (SSSR count). The van der Waals surface area contributed by atoms with E-state index in [2.05, 4.69) is 39.1 Å². The van der Waals surface area contributed by atoms with E-state index in [0.717, 1.165) is 33.2 Å². The van der Waals surface area contributed by atoms with Gasteiger partial charge in [-0.15, -0.1) is 0 Å². The molecule has 1 heterocycles. The van der Waals surface area contributed by atoms with Crippen LogP contribution in [-0.4, -0.2) is 9.55 Å². The number of halogens is 1. The van der Waals surface area contributed by atoms with Crippen molar-refractivity contribution in [3.8, 4) is 5.69 Å². The molecule has 1 aliphatic carbocycles. The molecule has 0 spiro atoms. The van der Waals surface area contributed by atoms with Crippen molar-refractivity contribution in [3.63, 3.8) is 0 Å². The van der Waals surface area contributed by atoms with Crippen LogP contribution in [0.1, 0.15) is 36.9 Å². The third-order valence-corrected chi connectivity index (χ3v) is 5.14. The Morgan fingerprint density at radius 3 is 2.70 bits per heavy atom. The highest BCUT2D eigenvalue weighted by Crippen LogP contribution is 2.41. The van der Waals surface area contributed by atoms with Gasteiger partial charge in [-0.2, -0.15) is 4.98 Å². The first kappa shape index (κ1) is 14.6. The summed E-state index contributed by atoms with van der Waals surface area (Å²) in [4.78, 5) is 17.0. The molecule has 0 N–H and O–H groups in total. The SMILES string of the molecule is CCc1nc(=O)n(-c2ccccc2Br)c2cc(C3CC3)ccc12. The van der Waals surface area contributed by atoms with Gasteiger partial charge in [0.15, 0.2) is 0 Å². The minimum absolute atomic E-state index is 0.214. The van der Waals surface area contributed by atoms with Gasteiger partial charge >= 0.3 is 5.69 Å². The Labute approximate surface area is 143 Å². The van der Waals surface area contributed by atoms with Gasteiger partial charge in [0.2, 0.25) is 0 Å². The van der Waals surface area contributed by atoms with E-state index >= 15 is 0 Å². The van der Waals surface area contributed by atoms with E-state index in [1.165, 1.54) is 18.4 Å². The molecule has 23 heavy (non-hydrogen) atoms. The normalized spacial score (nSPS) is 14.3. The van der Waals surface area contributed by atoms with Crippen molar-refractivity contribution in [3.05, 3.63) is 68.7 Å². The molecule has 3 nitrogen and oxygen atoms in total. The summed E-state index contributed by atoms with van der Waals surface area (Å²) >= 11 is 3.56. The average molecular weight is 369 g/mol. The second-order valence-corrected chi connectivity index (χ2v) is 6.89. The van der Waals surface area contributed by atoms with Crippen molar-refractivity contribution in [1.82, 2.24) is 9.55 Å². The predicted molar refractivity (Wildman–Crippen MR) is 96.4 cm³/mol. The summed E-state index contributed by atoms with van der Waals surface area (Å²) in [6.45, 7) is 2.04. The molecule has 3 aromatic rings. The van der Waals surface area contributed by atoms with Crippen molar-refractivity contribution in [1.29, 1.82) is 0 Å². The first-order valence-electron chi connectivity index (χ1n) is 7.99. The van der Waals surface area contributed by atoms with E-state index in [0.29, 0.717) is 5.92 Å². The number of hydrogen-bond acceptors (Lipinski definition) is 2. The topological polar surface area (TPSA) is 34.9 Å². The second kappa shape index (κ2) is 5.60. The fourth-order valence-corrected chi connectivity index (χ4v) is 3.57. The van der Waals surface area contributed by atoms with Crippen molar-refractivity contribution < 1.29 is 0 Å². The van der Waals surface area contributed by atoms with Crippen LogP contribution in [0.25, 0.3) is 16.6 Å². The summed E-state index contributed by atoms with van der Waals surface area (Å²) in [5.41, 5.74) is 3.78. The maximum Gasteiger partial charge on any atom is 0.352 e. The lowest BCUT2D eigenvalue weighted by molar-refractivity contribution is 0.906. The van der Waals surface area contributed by atoms with Gasteiger partial charge in [-0.25, -0.2) is 4.79 Å². The highest BCUT2D eigenvalue weighted by molar-refractivity contribution is 9.10. The zero-order chi connectivity index (χ0) is 16.0. The van der Waals surface area contributed by atoms with Gasteiger partial charge < -0.3 is 0 Å².